The average Bonchev–Trinajstić information content (AvgIpc) is 2.54. The van der Waals surface area contributed by atoms with Crippen molar-refractivity contribution in [2.45, 2.75) is 6.92 Å². The topological polar surface area (TPSA) is 33.4 Å². The minimum Gasteiger partial charge on any atom is -0.355 e. The van der Waals surface area contributed by atoms with Crippen molar-refractivity contribution in [2.75, 3.05) is 18.5 Å². The normalized spacial score (nSPS) is 15.3. The van der Waals surface area contributed by atoms with Crippen molar-refractivity contribution in [1.29, 1.82) is 0 Å². The van der Waals surface area contributed by atoms with E-state index in [-0.39, 0.29) is 0 Å². The maximum absolute atomic E-state index is 4.49. The molecule has 0 saturated heterocycles. The lowest BCUT2D eigenvalue weighted by Gasteiger charge is -2.23. The fourth-order valence-corrected chi connectivity index (χ4v) is 2.10. The summed E-state index contributed by atoms with van der Waals surface area (Å²) in [5, 5.41) is 0. The smallest absolute Gasteiger partial charge is 0.235 e. The third-order valence-corrected chi connectivity index (χ3v) is 2.64. The van der Waals surface area contributed by atoms with Crippen LogP contribution in [0, 0.1) is 0 Å². The molecule has 2 aromatic rings. The molecule has 0 saturated carbocycles. The second-order valence-corrected chi connectivity index (χ2v) is 3.96. The standard InChI is InChI=1S/C11H12N4/c1-8-6-9-10(14(2)7-8)15-5-3-4-12-11(15)13-9/h3-6H,7H2,1-2H3. The molecule has 0 aliphatic carbocycles. The summed E-state index contributed by atoms with van der Waals surface area (Å²) in [5.74, 6) is 1.89. The summed E-state index contributed by atoms with van der Waals surface area (Å²) < 4.78 is 2.03. The number of rotatable bonds is 0. The first-order chi connectivity index (χ1) is 7.25. The Labute approximate surface area is 87.9 Å². The lowest BCUT2D eigenvalue weighted by molar-refractivity contribution is 0.924. The highest BCUT2D eigenvalue weighted by atomic mass is 15.3. The van der Waals surface area contributed by atoms with Crippen LogP contribution in [0.4, 0.5) is 5.82 Å². The van der Waals surface area contributed by atoms with Crippen molar-refractivity contribution >= 4 is 17.7 Å². The van der Waals surface area contributed by atoms with Crippen LogP contribution in [-0.4, -0.2) is 28.0 Å². The lowest BCUT2D eigenvalue weighted by atomic mass is 10.1. The minimum absolute atomic E-state index is 0.764. The predicted molar refractivity (Wildman–Crippen MR) is 59.9 cm³/mol. The van der Waals surface area contributed by atoms with Crippen molar-refractivity contribution in [2.24, 2.45) is 0 Å². The molecule has 0 bridgehead atoms. The van der Waals surface area contributed by atoms with Gasteiger partial charge in [-0.15, -0.1) is 0 Å². The van der Waals surface area contributed by atoms with Gasteiger partial charge in [0.15, 0.2) is 0 Å². The van der Waals surface area contributed by atoms with Gasteiger partial charge in [0.1, 0.15) is 11.5 Å². The summed E-state index contributed by atoms with van der Waals surface area (Å²) in [6.07, 6.45) is 5.90. The molecule has 1 aliphatic rings. The number of hydrogen-bond donors (Lipinski definition) is 0. The van der Waals surface area contributed by atoms with E-state index >= 15 is 0 Å². The Kier molecular flexibility index (Phi) is 1.59. The second-order valence-electron chi connectivity index (χ2n) is 3.96. The highest BCUT2D eigenvalue weighted by Crippen LogP contribution is 2.27. The van der Waals surface area contributed by atoms with E-state index in [2.05, 4.69) is 34.9 Å². The monoisotopic (exact) mass is 200 g/mol. The molecule has 3 rings (SSSR count). The second kappa shape index (κ2) is 2.82. The van der Waals surface area contributed by atoms with E-state index in [0.717, 1.165) is 23.8 Å². The molecule has 3 heterocycles. The van der Waals surface area contributed by atoms with Crippen molar-refractivity contribution in [3.63, 3.8) is 0 Å². The fraction of sp³-hybridized carbons (Fsp3) is 0.273. The number of hydrogen-bond acceptors (Lipinski definition) is 3. The van der Waals surface area contributed by atoms with Crippen LogP contribution in [0.2, 0.25) is 0 Å². The maximum atomic E-state index is 4.49. The molecule has 0 amide bonds. The summed E-state index contributed by atoms with van der Waals surface area (Å²) in [4.78, 5) is 10.9. The molecule has 0 unspecified atom stereocenters. The number of likely N-dealkylation sites (N-methyl/N-ethyl adjacent to an activating group) is 1. The minimum atomic E-state index is 0.764. The molecule has 0 atom stereocenters. The first-order valence-electron chi connectivity index (χ1n) is 4.97. The Morgan fingerprint density at radius 1 is 1.40 bits per heavy atom. The summed E-state index contributed by atoms with van der Waals surface area (Å²) >= 11 is 0. The SMILES string of the molecule is CC1=Cc2nc3ncccn3c2N(C)C1. The number of aromatic nitrogens is 3. The van der Waals surface area contributed by atoms with Gasteiger partial charge in [-0.3, -0.25) is 4.40 Å². The van der Waals surface area contributed by atoms with E-state index in [1.54, 1.807) is 6.20 Å². The van der Waals surface area contributed by atoms with Crippen LogP contribution in [0.1, 0.15) is 12.6 Å². The van der Waals surface area contributed by atoms with Crippen molar-refractivity contribution in [3.05, 3.63) is 29.7 Å². The van der Waals surface area contributed by atoms with Crippen molar-refractivity contribution in [1.82, 2.24) is 14.4 Å². The van der Waals surface area contributed by atoms with Gasteiger partial charge in [0.25, 0.3) is 0 Å². The van der Waals surface area contributed by atoms with Gasteiger partial charge in [-0.05, 0) is 19.1 Å². The van der Waals surface area contributed by atoms with E-state index < -0.39 is 0 Å². The summed E-state index contributed by atoms with van der Waals surface area (Å²) in [7, 11) is 2.08. The molecule has 4 heteroatoms. The van der Waals surface area contributed by atoms with E-state index in [1.807, 2.05) is 16.7 Å². The molecule has 0 aromatic carbocycles. The van der Waals surface area contributed by atoms with Crippen LogP contribution in [0.5, 0.6) is 0 Å². The maximum Gasteiger partial charge on any atom is 0.235 e. The zero-order valence-corrected chi connectivity index (χ0v) is 8.81. The van der Waals surface area contributed by atoms with Crippen molar-refractivity contribution in [3.8, 4) is 0 Å². The van der Waals surface area contributed by atoms with Gasteiger partial charge in [0, 0.05) is 26.0 Å². The van der Waals surface area contributed by atoms with Crippen LogP contribution < -0.4 is 4.90 Å². The largest absolute Gasteiger partial charge is 0.355 e. The zero-order chi connectivity index (χ0) is 10.4. The Morgan fingerprint density at radius 3 is 3.13 bits per heavy atom. The van der Waals surface area contributed by atoms with E-state index in [4.69, 9.17) is 0 Å². The molecule has 15 heavy (non-hydrogen) atoms. The Bertz CT molecular complexity index is 553. The number of fused-ring (bicyclic) bond motifs is 3. The molecule has 2 aromatic heterocycles. The quantitative estimate of drug-likeness (QED) is 0.647. The summed E-state index contributed by atoms with van der Waals surface area (Å²) in [6, 6.07) is 1.92. The number of imidazole rings is 1. The van der Waals surface area contributed by atoms with Crippen molar-refractivity contribution < 1.29 is 0 Å². The fourth-order valence-electron chi connectivity index (χ4n) is 2.10. The first-order valence-corrected chi connectivity index (χ1v) is 4.97. The van der Waals surface area contributed by atoms with E-state index in [0.29, 0.717) is 0 Å². The van der Waals surface area contributed by atoms with Gasteiger partial charge < -0.3 is 4.90 Å². The molecular formula is C11H12N4. The highest BCUT2D eigenvalue weighted by Gasteiger charge is 2.18. The van der Waals surface area contributed by atoms with Crippen LogP contribution in [0.15, 0.2) is 24.0 Å². The summed E-state index contributed by atoms with van der Waals surface area (Å²) in [5.41, 5.74) is 2.34. The van der Waals surface area contributed by atoms with Gasteiger partial charge in [-0.1, -0.05) is 5.57 Å². The molecule has 0 fully saturated rings. The van der Waals surface area contributed by atoms with Crippen LogP contribution in [-0.2, 0) is 0 Å². The molecule has 0 spiro atoms. The van der Waals surface area contributed by atoms with Crippen LogP contribution >= 0.6 is 0 Å². The van der Waals surface area contributed by atoms with Crippen LogP contribution in [0.3, 0.4) is 0 Å². The Balaban J connectivity index is 2.37. The Hall–Kier alpha value is -1.84. The van der Waals surface area contributed by atoms with Gasteiger partial charge in [-0.25, -0.2) is 9.97 Å². The zero-order valence-electron chi connectivity index (χ0n) is 8.81. The highest BCUT2D eigenvalue weighted by molar-refractivity contribution is 5.71. The van der Waals surface area contributed by atoms with Gasteiger partial charge >= 0.3 is 0 Å². The Morgan fingerprint density at radius 2 is 2.27 bits per heavy atom. The molecule has 0 radical (unpaired) electrons. The molecule has 76 valence electrons. The van der Waals surface area contributed by atoms with Crippen LogP contribution in [0.25, 0.3) is 11.9 Å². The number of anilines is 1. The van der Waals surface area contributed by atoms with E-state index in [1.165, 1.54) is 5.57 Å². The molecule has 4 nitrogen and oxygen atoms in total. The average molecular weight is 200 g/mol. The molecular weight excluding hydrogens is 188 g/mol. The third kappa shape index (κ3) is 1.14. The van der Waals surface area contributed by atoms with Gasteiger partial charge in [-0.2, -0.15) is 0 Å². The molecule has 0 N–H and O–H groups in total. The third-order valence-electron chi connectivity index (χ3n) is 2.64. The van der Waals surface area contributed by atoms with Gasteiger partial charge in [0.05, 0.1) is 0 Å². The summed E-state index contributed by atoms with van der Waals surface area (Å²) in [6.45, 7) is 3.08. The molecule has 1 aliphatic heterocycles. The lowest BCUT2D eigenvalue weighted by Crippen LogP contribution is -2.24. The predicted octanol–water partition coefficient (Wildman–Crippen LogP) is 1.58. The van der Waals surface area contributed by atoms with E-state index in [9.17, 15) is 0 Å². The number of nitrogens with zero attached hydrogens (tertiary/aromatic N) is 4. The first kappa shape index (κ1) is 8.47. The van der Waals surface area contributed by atoms with Gasteiger partial charge in [0.2, 0.25) is 5.78 Å².